The Labute approximate surface area is 106 Å². The fourth-order valence-corrected chi connectivity index (χ4v) is 1.30. The van der Waals surface area contributed by atoms with Gasteiger partial charge in [0.15, 0.2) is 0 Å². The van der Waals surface area contributed by atoms with Crippen LogP contribution < -0.4 is 10.1 Å². The fraction of sp³-hybridized carbons (Fsp3) is 0.385. The Morgan fingerprint density at radius 1 is 1.17 bits per heavy atom. The van der Waals surface area contributed by atoms with Crippen LogP contribution in [-0.2, 0) is 4.79 Å². The summed E-state index contributed by atoms with van der Waals surface area (Å²) in [7, 11) is 0. The number of hydrogen-bond acceptors (Lipinski definition) is 3. The van der Waals surface area contributed by atoms with E-state index in [1.807, 2.05) is 13.8 Å². The summed E-state index contributed by atoms with van der Waals surface area (Å²) in [5.41, 5.74) is 0.402. The van der Waals surface area contributed by atoms with Gasteiger partial charge in [-0.15, -0.1) is 0 Å². The van der Waals surface area contributed by atoms with E-state index in [2.05, 4.69) is 5.32 Å². The molecule has 0 fully saturated rings. The highest BCUT2D eigenvalue weighted by Crippen LogP contribution is 2.13. The lowest BCUT2D eigenvalue weighted by Crippen LogP contribution is -2.38. The topological polar surface area (TPSA) is 75.6 Å². The highest BCUT2D eigenvalue weighted by Gasteiger charge is 2.15. The van der Waals surface area contributed by atoms with Crippen LogP contribution in [0.4, 0.5) is 0 Å². The number of carbonyl (C=O) groups is 2. The quantitative estimate of drug-likeness (QED) is 0.834. The lowest BCUT2D eigenvalue weighted by atomic mass is 10.2. The van der Waals surface area contributed by atoms with Crippen molar-refractivity contribution in [2.45, 2.75) is 32.9 Å². The highest BCUT2D eigenvalue weighted by atomic mass is 16.5. The second-order valence-corrected chi connectivity index (χ2v) is 4.22. The zero-order valence-corrected chi connectivity index (χ0v) is 10.6. The van der Waals surface area contributed by atoms with Crippen LogP contribution in [0.1, 0.15) is 31.1 Å². The van der Waals surface area contributed by atoms with Gasteiger partial charge in [0.25, 0.3) is 5.91 Å². The van der Waals surface area contributed by atoms with Crippen LogP contribution in [0.25, 0.3) is 0 Å². The molecule has 0 heterocycles. The van der Waals surface area contributed by atoms with Crippen molar-refractivity contribution in [3.8, 4) is 5.75 Å². The molecule has 0 aromatic heterocycles. The van der Waals surface area contributed by atoms with Crippen LogP contribution in [0, 0.1) is 0 Å². The summed E-state index contributed by atoms with van der Waals surface area (Å²) < 4.78 is 5.44. The molecule has 18 heavy (non-hydrogen) atoms. The summed E-state index contributed by atoms with van der Waals surface area (Å²) in [5.74, 6) is -0.808. The molecule has 5 heteroatoms. The first kappa shape index (κ1) is 14.0. The van der Waals surface area contributed by atoms with Crippen molar-refractivity contribution in [2.75, 3.05) is 0 Å². The van der Waals surface area contributed by atoms with Crippen molar-refractivity contribution < 1.29 is 19.4 Å². The molecule has 5 nitrogen and oxygen atoms in total. The molecule has 0 spiro atoms. The van der Waals surface area contributed by atoms with E-state index in [1.165, 1.54) is 6.92 Å². The highest BCUT2D eigenvalue weighted by molar-refractivity contribution is 5.96. The molecule has 0 saturated heterocycles. The van der Waals surface area contributed by atoms with E-state index in [0.29, 0.717) is 11.3 Å². The van der Waals surface area contributed by atoms with Gasteiger partial charge in [0.1, 0.15) is 11.8 Å². The smallest absolute Gasteiger partial charge is 0.325 e. The maximum atomic E-state index is 11.7. The molecule has 98 valence electrons. The number of amides is 1. The maximum Gasteiger partial charge on any atom is 0.325 e. The Morgan fingerprint density at radius 3 is 2.17 bits per heavy atom. The minimum atomic E-state index is -1.07. The predicted molar refractivity (Wildman–Crippen MR) is 66.8 cm³/mol. The van der Waals surface area contributed by atoms with Crippen molar-refractivity contribution in [3.63, 3.8) is 0 Å². The van der Waals surface area contributed by atoms with E-state index in [0.717, 1.165) is 0 Å². The Kier molecular flexibility index (Phi) is 4.71. The Hall–Kier alpha value is -2.04. The third-order valence-electron chi connectivity index (χ3n) is 2.21. The summed E-state index contributed by atoms with van der Waals surface area (Å²) in [5, 5.41) is 11.1. The zero-order chi connectivity index (χ0) is 13.7. The maximum absolute atomic E-state index is 11.7. The van der Waals surface area contributed by atoms with Crippen molar-refractivity contribution in [1.29, 1.82) is 0 Å². The lowest BCUT2D eigenvalue weighted by Gasteiger charge is -2.11. The minimum Gasteiger partial charge on any atom is -0.491 e. The zero-order valence-electron chi connectivity index (χ0n) is 10.6. The van der Waals surface area contributed by atoms with E-state index in [4.69, 9.17) is 9.84 Å². The number of benzene rings is 1. The van der Waals surface area contributed by atoms with Gasteiger partial charge in [-0.3, -0.25) is 9.59 Å². The molecular weight excluding hydrogens is 234 g/mol. The molecule has 1 amide bonds. The largest absolute Gasteiger partial charge is 0.491 e. The third kappa shape index (κ3) is 4.08. The summed E-state index contributed by atoms with van der Waals surface area (Å²) in [6, 6.07) is 5.65. The van der Waals surface area contributed by atoms with Gasteiger partial charge < -0.3 is 15.2 Å². The number of rotatable bonds is 5. The van der Waals surface area contributed by atoms with Crippen molar-refractivity contribution in [1.82, 2.24) is 5.32 Å². The van der Waals surface area contributed by atoms with Crippen LogP contribution in [0.5, 0.6) is 5.75 Å². The molecule has 1 rings (SSSR count). The van der Waals surface area contributed by atoms with E-state index in [9.17, 15) is 9.59 Å². The first-order chi connectivity index (χ1) is 8.40. The van der Waals surface area contributed by atoms with E-state index in [-0.39, 0.29) is 6.10 Å². The van der Waals surface area contributed by atoms with Crippen LogP contribution >= 0.6 is 0 Å². The summed E-state index contributed by atoms with van der Waals surface area (Å²) >= 11 is 0. The second-order valence-electron chi connectivity index (χ2n) is 4.22. The average Bonchev–Trinajstić information content (AvgIpc) is 2.28. The number of carbonyl (C=O) groups excluding carboxylic acids is 1. The van der Waals surface area contributed by atoms with Gasteiger partial charge in [0.05, 0.1) is 6.10 Å². The Balaban J connectivity index is 2.67. The van der Waals surface area contributed by atoms with Crippen LogP contribution in [0.3, 0.4) is 0 Å². The second kappa shape index (κ2) is 6.05. The van der Waals surface area contributed by atoms with Gasteiger partial charge in [-0.25, -0.2) is 0 Å². The van der Waals surface area contributed by atoms with Gasteiger partial charge >= 0.3 is 5.97 Å². The number of aliphatic carboxylic acids is 1. The predicted octanol–water partition coefficient (Wildman–Crippen LogP) is 1.68. The summed E-state index contributed by atoms with van der Waals surface area (Å²) in [6.45, 7) is 5.24. The lowest BCUT2D eigenvalue weighted by molar-refractivity contribution is -0.138. The van der Waals surface area contributed by atoms with E-state index >= 15 is 0 Å². The van der Waals surface area contributed by atoms with Crippen LogP contribution in [0.15, 0.2) is 24.3 Å². The molecule has 0 aliphatic rings. The third-order valence-corrected chi connectivity index (χ3v) is 2.21. The molecule has 1 aromatic carbocycles. The number of carboxylic acid groups (broad SMARTS) is 1. The summed E-state index contributed by atoms with van der Waals surface area (Å²) in [6.07, 6.45) is 0.0664. The van der Waals surface area contributed by atoms with Gasteiger partial charge in [-0.2, -0.15) is 0 Å². The number of hydrogen-bond donors (Lipinski definition) is 2. The average molecular weight is 251 g/mol. The standard InChI is InChI=1S/C13H17NO4/c1-8(2)18-11-6-4-10(5-7-11)12(15)14-9(3)13(16)17/h4-9H,1-3H3,(H,14,15)(H,16,17)/t9-/m0/s1. The summed E-state index contributed by atoms with van der Waals surface area (Å²) in [4.78, 5) is 22.3. The molecule has 1 atom stereocenters. The first-order valence-electron chi connectivity index (χ1n) is 5.70. The van der Waals surface area contributed by atoms with Gasteiger partial charge in [-0.1, -0.05) is 0 Å². The van der Waals surface area contributed by atoms with Gasteiger partial charge in [0.2, 0.25) is 0 Å². The minimum absolute atomic E-state index is 0.0664. The fourth-order valence-electron chi connectivity index (χ4n) is 1.30. The van der Waals surface area contributed by atoms with Crippen molar-refractivity contribution in [2.24, 2.45) is 0 Å². The molecule has 0 bridgehead atoms. The number of ether oxygens (including phenoxy) is 1. The SMILES string of the molecule is CC(C)Oc1ccc(C(=O)N[C@@H](C)C(=O)O)cc1. The molecule has 0 aliphatic carbocycles. The molecule has 0 saturated carbocycles. The van der Waals surface area contributed by atoms with Crippen LogP contribution in [0.2, 0.25) is 0 Å². The van der Waals surface area contributed by atoms with Gasteiger partial charge in [-0.05, 0) is 45.0 Å². The Morgan fingerprint density at radius 2 is 1.72 bits per heavy atom. The molecule has 2 N–H and O–H groups in total. The monoisotopic (exact) mass is 251 g/mol. The molecule has 1 aromatic rings. The number of nitrogens with one attached hydrogen (secondary N) is 1. The number of carboxylic acids is 1. The first-order valence-corrected chi connectivity index (χ1v) is 5.70. The molecule has 0 aliphatic heterocycles. The normalized spacial score (nSPS) is 12.0. The van der Waals surface area contributed by atoms with E-state index < -0.39 is 17.9 Å². The van der Waals surface area contributed by atoms with Crippen molar-refractivity contribution >= 4 is 11.9 Å². The van der Waals surface area contributed by atoms with Crippen LogP contribution in [-0.4, -0.2) is 29.1 Å². The molecular formula is C13H17NO4. The van der Waals surface area contributed by atoms with Crippen molar-refractivity contribution in [3.05, 3.63) is 29.8 Å². The van der Waals surface area contributed by atoms with Gasteiger partial charge in [0, 0.05) is 5.56 Å². The van der Waals surface area contributed by atoms with E-state index in [1.54, 1.807) is 24.3 Å². The Bertz CT molecular complexity index is 425. The molecule has 0 radical (unpaired) electrons. The molecule has 0 unspecified atom stereocenters.